The minimum absolute atomic E-state index is 0.0386. The molecule has 160 valence electrons. The lowest BCUT2D eigenvalue weighted by Crippen LogP contribution is -2.43. The Balaban J connectivity index is 1.58. The van der Waals surface area contributed by atoms with Crippen LogP contribution in [0.2, 0.25) is 0 Å². The number of morpholine rings is 1. The van der Waals surface area contributed by atoms with Crippen molar-refractivity contribution < 1.29 is 13.9 Å². The standard InChI is InChI=1S/C22H29N5O3/c1-14(2)27-21-18(12-24-27)17(11-15(3)25-21)22(28)23-13-19(20-6-5-16(4)30-20)26-7-9-29-10-8-26/h5-6,11-12,14,19H,7-10,13H2,1-4H3,(H,23,28). The van der Waals surface area contributed by atoms with Gasteiger partial charge in [0.1, 0.15) is 11.5 Å². The minimum atomic E-state index is -0.129. The molecule has 1 N–H and O–H groups in total. The molecule has 0 spiro atoms. The number of hydrogen-bond donors (Lipinski definition) is 1. The fraction of sp³-hybridized carbons (Fsp3) is 0.500. The predicted octanol–water partition coefficient (Wildman–Crippen LogP) is 3.03. The summed E-state index contributed by atoms with van der Waals surface area (Å²) in [6.45, 7) is 11.4. The molecule has 1 unspecified atom stereocenters. The van der Waals surface area contributed by atoms with E-state index in [2.05, 4.69) is 34.1 Å². The molecule has 8 heteroatoms. The lowest BCUT2D eigenvalue weighted by molar-refractivity contribution is 0.0117. The summed E-state index contributed by atoms with van der Waals surface area (Å²) in [4.78, 5) is 20.1. The zero-order valence-electron chi connectivity index (χ0n) is 18.0. The molecule has 0 bridgehead atoms. The van der Waals surface area contributed by atoms with Crippen molar-refractivity contribution >= 4 is 16.9 Å². The van der Waals surface area contributed by atoms with Gasteiger partial charge in [0.2, 0.25) is 0 Å². The lowest BCUT2D eigenvalue weighted by atomic mass is 10.1. The topological polar surface area (TPSA) is 85.4 Å². The summed E-state index contributed by atoms with van der Waals surface area (Å²) in [5, 5.41) is 8.32. The number of carbonyl (C=O) groups excluding carboxylic acids is 1. The van der Waals surface area contributed by atoms with Crippen molar-refractivity contribution in [1.82, 2.24) is 25.0 Å². The van der Waals surface area contributed by atoms with Gasteiger partial charge in [0.15, 0.2) is 5.65 Å². The van der Waals surface area contributed by atoms with Crippen LogP contribution in [0.15, 0.2) is 28.8 Å². The minimum Gasteiger partial charge on any atom is -0.465 e. The molecule has 3 aromatic heterocycles. The van der Waals surface area contributed by atoms with Crippen molar-refractivity contribution in [2.24, 2.45) is 0 Å². The number of pyridine rings is 1. The molecule has 0 radical (unpaired) electrons. The summed E-state index contributed by atoms with van der Waals surface area (Å²) in [6.07, 6.45) is 1.73. The normalized spacial score (nSPS) is 16.3. The van der Waals surface area contributed by atoms with Crippen molar-refractivity contribution in [3.63, 3.8) is 0 Å². The van der Waals surface area contributed by atoms with Crippen LogP contribution in [0.3, 0.4) is 0 Å². The molecule has 0 aliphatic carbocycles. The van der Waals surface area contributed by atoms with Crippen LogP contribution in [0.1, 0.15) is 53.5 Å². The Kier molecular flexibility index (Phi) is 5.87. The van der Waals surface area contributed by atoms with Gasteiger partial charge in [-0.2, -0.15) is 5.10 Å². The molecular formula is C22H29N5O3. The second-order valence-corrected chi connectivity index (χ2v) is 8.05. The van der Waals surface area contributed by atoms with Crippen LogP contribution in [0.25, 0.3) is 11.0 Å². The highest BCUT2D eigenvalue weighted by Crippen LogP contribution is 2.25. The van der Waals surface area contributed by atoms with Gasteiger partial charge in [-0.15, -0.1) is 0 Å². The van der Waals surface area contributed by atoms with Crippen molar-refractivity contribution in [2.75, 3.05) is 32.8 Å². The van der Waals surface area contributed by atoms with Gasteiger partial charge in [-0.25, -0.2) is 9.67 Å². The van der Waals surface area contributed by atoms with Crippen molar-refractivity contribution in [2.45, 2.75) is 39.8 Å². The molecule has 1 fully saturated rings. The molecule has 4 heterocycles. The number of nitrogens with zero attached hydrogens (tertiary/aromatic N) is 4. The third-order valence-electron chi connectivity index (χ3n) is 5.46. The number of amides is 1. The molecule has 4 rings (SSSR count). The SMILES string of the molecule is Cc1cc(C(=O)NCC(c2ccc(C)o2)N2CCOCC2)c2cnn(C(C)C)c2n1. The first-order valence-electron chi connectivity index (χ1n) is 10.4. The molecule has 1 amide bonds. The third-order valence-corrected chi connectivity index (χ3v) is 5.46. The Morgan fingerprint density at radius 1 is 1.23 bits per heavy atom. The van der Waals surface area contributed by atoms with Gasteiger partial charge in [0.25, 0.3) is 5.91 Å². The van der Waals surface area contributed by atoms with E-state index in [1.807, 2.05) is 36.7 Å². The zero-order valence-corrected chi connectivity index (χ0v) is 18.0. The van der Waals surface area contributed by atoms with Gasteiger partial charge in [-0.3, -0.25) is 9.69 Å². The number of aromatic nitrogens is 3. The van der Waals surface area contributed by atoms with Crippen LogP contribution in [-0.4, -0.2) is 58.4 Å². The van der Waals surface area contributed by atoms with Crippen LogP contribution in [-0.2, 0) is 4.74 Å². The smallest absolute Gasteiger partial charge is 0.252 e. The second-order valence-electron chi connectivity index (χ2n) is 8.05. The molecule has 1 saturated heterocycles. The number of fused-ring (bicyclic) bond motifs is 1. The maximum atomic E-state index is 13.2. The van der Waals surface area contributed by atoms with Crippen LogP contribution in [0.5, 0.6) is 0 Å². The van der Waals surface area contributed by atoms with E-state index in [0.29, 0.717) is 25.3 Å². The van der Waals surface area contributed by atoms with Crippen molar-refractivity contribution in [3.05, 3.63) is 47.2 Å². The number of ether oxygens (including phenoxy) is 1. The zero-order chi connectivity index (χ0) is 21.3. The first-order chi connectivity index (χ1) is 14.4. The van der Waals surface area contributed by atoms with Crippen molar-refractivity contribution in [1.29, 1.82) is 0 Å². The van der Waals surface area contributed by atoms with E-state index in [1.54, 1.807) is 6.20 Å². The first-order valence-corrected chi connectivity index (χ1v) is 10.4. The highest BCUT2D eigenvalue weighted by atomic mass is 16.5. The summed E-state index contributed by atoms with van der Waals surface area (Å²) < 4.78 is 13.2. The average molecular weight is 412 g/mol. The Hall–Kier alpha value is -2.71. The van der Waals surface area contributed by atoms with Crippen LogP contribution in [0.4, 0.5) is 0 Å². The van der Waals surface area contributed by atoms with Gasteiger partial charge in [0, 0.05) is 31.4 Å². The molecule has 1 aliphatic heterocycles. The highest BCUT2D eigenvalue weighted by molar-refractivity contribution is 6.05. The quantitative estimate of drug-likeness (QED) is 0.671. The van der Waals surface area contributed by atoms with E-state index in [9.17, 15) is 4.79 Å². The lowest BCUT2D eigenvalue weighted by Gasteiger charge is -2.33. The van der Waals surface area contributed by atoms with E-state index in [0.717, 1.165) is 41.3 Å². The van der Waals surface area contributed by atoms with Gasteiger partial charge >= 0.3 is 0 Å². The maximum absolute atomic E-state index is 13.2. The number of nitrogens with one attached hydrogen (secondary N) is 1. The van der Waals surface area contributed by atoms with Gasteiger partial charge in [-0.05, 0) is 45.9 Å². The van der Waals surface area contributed by atoms with Gasteiger partial charge < -0.3 is 14.5 Å². The number of aryl methyl sites for hydroxylation is 2. The van der Waals surface area contributed by atoms with E-state index in [4.69, 9.17) is 9.15 Å². The number of hydrogen-bond acceptors (Lipinski definition) is 6. The van der Waals surface area contributed by atoms with E-state index >= 15 is 0 Å². The number of carbonyl (C=O) groups is 1. The molecule has 1 aliphatic rings. The van der Waals surface area contributed by atoms with E-state index in [-0.39, 0.29) is 18.0 Å². The molecule has 30 heavy (non-hydrogen) atoms. The summed E-state index contributed by atoms with van der Waals surface area (Å²) in [5.74, 6) is 1.59. The summed E-state index contributed by atoms with van der Waals surface area (Å²) in [7, 11) is 0. The molecule has 0 aromatic carbocycles. The Bertz CT molecular complexity index is 1030. The van der Waals surface area contributed by atoms with Gasteiger partial charge in [0.05, 0.1) is 36.4 Å². The molecule has 0 saturated carbocycles. The second kappa shape index (κ2) is 8.57. The third kappa shape index (κ3) is 4.11. The summed E-state index contributed by atoms with van der Waals surface area (Å²) in [5.41, 5.74) is 2.13. The monoisotopic (exact) mass is 411 g/mol. The highest BCUT2D eigenvalue weighted by Gasteiger charge is 2.26. The fourth-order valence-corrected chi connectivity index (χ4v) is 3.92. The summed E-state index contributed by atoms with van der Waals surface area (Å²) >= 11 is 0. The van der Waals surface area contributed by atoms with Crippen LogP contribution < -0.4 is 5.32 Å². The Morgan fingerprint density at radius 2 is 2.00 bits per heavy atom. The Labute approximate surface area is 176 Å². The fourth-order valence-electron chi connectivity index (χ4n) is 3.92. The molecule has 3 aromatic rings. The number of rotatable bonds is 6. The molecular weight excluding hydrogens is 382 g/mol. The van der Waals surface area contributed by atoms with E-state index < -0.39 is 0 Å². The van der Waals surface area contributed by atoms with Gasteiger partial charge in [-0.1, -0.05) is 0 Å². The largest absolute Gasteiger partial charge is 0.465 e. The first kappa shape index (κ1) is 20.6. The summed E-state index contributed by atoms with van der Waals surface area (Å²) in [6, 6.07) is 5.90. The van der Waals surface area contributed by atoms with Crippen LogP contribution >= 0.6 is 0 Å². The predicted molar refractivity (Wildman–Crippen MR) is 114 cm³/mol. The average Bonchev–Trinajstić information content (AvgIpc) is 3.34. The number of furan rings is 1. The van der Waals surface area contributed by atoms with Crippen molar-refractivity contribution in [3.8, 4) is 0 Å². The maximum Gasteiger partial charge on any atom is 0.252 e. The molecule has 1 atom stereocenters. The van der Waals surface area contributed by atoms with E-state index in [1.165, 1.54) is 0 Å². The van der Waals surface area contributed by atoms with Crippen LogP contribution in [0, 0.1) is 13.8 Å². The Morgan fingerprint density at radius 3 is 2.67 bits per heavy atom. The molecule has 8 nitrogen and oxygen atoms in total.